The summed E-state index contributed by atoms with van der Waals surface area (Å²) in [4.78, 5) is 28.2. The summed E-state index contributed by atoms with van der Waals surface area (Å²) in [6.07, 6.45) is 2.82. The van der Waals surface area contributed by atoms with Crippen LogP contribution in [-0.4, -0.2) is 57.4 Å². The number of benzene rings is 2. The number of likely N-dealkylation sites (tertiary alicyclic amines) is 1. The van der Waals surface area contributed by atoms with Crippen molar-refractivity contribution in [2.24, 2.45) is 0 Å². The number of rotatable bonds is 10. The largest absolute Gasteiger partial charge is 0.508 e. The van der Waals surface area contributed by atoms with Gasteiger partial charge in [0.25, 0.3) is 0 Å². The van der Waals surface area contributed by atoms with E-state index in [-0.39, 0.29) is 64.0 Å². The first-order chi connectivity index (χ1) is 21.8. The van der Waals surface area contributed by atoms with Crippen molar-refractivity contribution >= 4 is 11.9 Å². The normalized spacial score (nSPS) is 17.3. The molecule has 48 heavy (non-hydrogen) atoms. The van der Waals surface area contributed by atoms with Crippen molar-refractivity contribution in [1.82, 2.24) is 4.90 Å². The van der Waals surface area contributed by atoms with Gasteiger partial charge >= 0.3 is 11.9 Å². The highest BCUT2D eigenvalue weighted by atomic mass is 16.5. The number of aromatic hydroxyl groups is 2. The van der Waals surface area contributed by atoms with Crippen molar-refractivity contribution in [2.75, 3.05) is 13.2 Å². The quantitative estimate of drug-likeness (QED) is 0.245. The summed E-state index contributed by atoms with van der Waals surface area (Å²) in [6.45, 7) is 28.2. The first-order valence-corrected chi connectivity index (χ1v) is 17.6. The van der Waals surface area contributed by atoms with Crippen LogP contribution in [0.3, 0.4) is 0 Å². The summed E-state index contributed by atoms with van der Waals surface area (Å²) < 4.78 is 11.8. The Morgan fingerprint density at radius 3 is 1.69 bits per heavy atom. The number of aryl methyl sites for hydroxylation is 2. The van der Waals surface area contributed by atoms with Gasteiger partial charge in [0, 0.05) is 43.3 Å². The molecule has 0 saturated carbocycles. The maximum absolute atomic E-state index is 13.2. The molecule has 3 rings (SSSR count). The van der Waals surface area contributed by atoms with Crippen LogP contribution in [0.4, 0.5) is 0 Å². The Kier molecular flexibility index (Phi) is 11.8. The molecule has 0 atom stereocenters. The molecule has 1 saturated heterocycles. The van der Waals surface area contributed by atoms with E-state index < -0.39 is 0 Å². The van der Waals surface area contributed by atoms with E-state index in [1.807, 2.05) is 24.3 Å². The molecule has 7 heteroatoms. The van der Waals surface area contributed by atoms with Gasteiger partial charge in [-0.15, -0.1) is 0 Å². The monoisotopic (exact) mass is 665 g/mol. The predicted octanol–water partition coefficient (Wildman–Crippen LogP) is 8.66. The summed E-state index contributed by atoms with van der Waals surface area (Å²) in [7, 11) is 0. The zero-order valence-electron chi connectivity index (χ0n) is 32.1. The van der Waals surface area contributed by atoms with Crippen LogP contribution in [0.15, 0.2) is 30.3 Å². The maximum atomic E-state index is 13.2. The first kappa shape index (κ1) is 39.4. The van der Waals surface area contributed by atoms with Crippen LogP contribution < -0.4 is 0 Å². The Balaban J connectivity index is 1.55. The van der Waals surface area contributed by atoms with Crippen LogP contribution in [0.25, 0.3) is 0 Å². The smallest absolute Gasteiger partial charge is 0.306 e. The predicted molar refractivity (Wildman–Crippen MR) is 194 cm³/mol. The van der Waals surface area contributed by atoms with Crippen molar-refractivity contribution < 1.29 is 29.3 Å². The van der Waals surface area contributed by atoms with Gasteiger partial charge in [0.15, 0.2) is 0 Å². The standard InChI is InChI=1S/C41H63NO6/c1-37(2,3)30-22-27(14-17-33(30)43)15-18-34(44)47-21-20-42-40(10,11)25-29(26-41(42,12)13)48-35(45)19-16-28-23-31(38(4,5)6)36(46)32(24-28)39(7,8)9/h14,17,22-24,29,43,46H,15-16,18-21,25-26H2,1-13H3. The average Bonchev–Trinajstić information content (AvgIpc) is 2.91. The fraction of sp³-hybridized carbons (Fsp3) is 0.659. The Morgan fingerprint density at radius 2 is 1.19 bits per heavy atom. The molecule has 2 aromatic rings. The molecule has 0 aliphatic carbocycles. The van der Waals surface area contributed by atoms with E-state index in [9.17, 15) is 19.8 Å². The molecule has 0 bridgehead atoms. The van der Waals surface area contributed by atoms with E-state index in [0.717, 1.165) is 27.8 Å². The lowest BCUT2D eigenvalue weighted by molar-refractivity contribution is -0.163. The third kappa shape index (κ3) is 10.2. The topological polar surface area (TPSA) is 96.3 Å². The third-order valence-electron chi connectivity index (χ3n) is 9.68. The molecular weight excluding hydrogens is 602 g/mol. The second-order valence-corrected chi connectivity index (χ2v) is 18.2. The number of ether oxygens (including phenoxy) is 2. The van der Waals surface area contributed by atoms with Crippen LogP contribution in [-0.2, 0) is 48.1 Å². The van der Waals surface area contributed by atoms with Gasteiger partial charge in [0.1, 0.15) is 24.2 Å². The molecular formula is C41H63NO6. The molecule has 0 radical (unpaired) electrons. The van der Waals surface area contributed by atoms with E-state index >= 15 is 0 Å². The minimum absolute atomic E-state index is 0.188. The molecule has 1 fully saturated rings. The Labute approximate surface area is 290 Å². The van der Waals surface area contributed by atoms with Crippen molar-refractivity contribution in [2.45, 2.75) is 162 Å². The molecule has 0 unspecified atom stereocenters. The molecule has 1 aliphatic rings. The number of nitrogens with zero attached hydrogens (tertiary/aromatic N) is 1. The zero-order valence-corrected chi connectivity index (χ0v) is 32.1. The first-order valence-electron chi connectivity index (χ1n) is 17.6. The second kappa shape index (κ2) is 14.4. The summed E-state index contributed by atoms with van der Waals surface area (Å²) >= 11 is 0. The van der Waals surface area contributed by atoms with Gasteiger partial charge in [0.2, 0.25) is 0 Å². The van der Waals surface area contributed by atoms with E-state index in [2.05, 4.69) is 94.9 Å². The minimum atomic E-state index is -0.269. The number of phenols is 2. The summed E-state index contributed by atoms with van der Waals surface area (Å²) in [5.74, 6) is 0.171. The van der Waals surface area contributed by atoms with Gasteiger partial charge in [-0.2, -0.15) is 0 Å². The Morgan fingerprint density at radius 1 is 0.729 bits per heavy atom. The molecule has 0 aromatic heterocycles. The van der Waals surface area contributed by atoms with Crippen LogP contribution in [0.1, 0.15) is 144 Å². The average molecular weight is 666 g/mol. The lowest BCUT2D eigenvalue weighted by Crippen LogP contribution is -2.63. The van der Waals surface area contributed by atoms with Crippen molar-refractivity contribution in [3.05, 3.63) is 58.1 Å². The molecule has 2 N–H and O–H groups in total. The van der Waals surface area contributed by atoms with Crippen molar-refractivity contribution in [1.29, 1.82) is 0 Å². The Bertz CT molecular complexity index is 1400. The van der Waals surface area contributed by atoms with E-state index in [1.54, 1.807) is 6.07 Å². The minimum Gasteiger partial charge on any atom is -0.508 e. The zero-order chi connectivity index (χ0) is 36.5. The fourth-order valence-electron chi connectivity index (χ4n) is 7.30. The van der Waals surface area contributed by atoms with Crippen LogP contribution in [0, 0.1) is 0 Å². The van der Waals surface area contributed by atoms with Crippen molar-refractivity contribution in [3.63, 3.8) is 0 Å². The molecule has 2 aromatic carbocycles. The number of esters is 2. The number of piperidine rings is 1. The van der Waals surface area contributed by atoms with Crippen LogP contribution >= 0.6 is 0 Å². The molecule has 1 aliphatic heterocycles. The fourth-order valence-corrected chi connectivity index (χ4v) is 7.30. The molecule has 0 spiro atoms. The van der Waals surface area contributed by atoms with E-state index in [1.165, 1.54) is 0 Å². The van der Waals surface area contributed by atoms with Crippen LogP contribution in [0.2, 0.25) is 0 Å². The van der Waals surface area contributed by atoms with Gasteiger partial charge in [0.05, 0.1) is 0 Å². The summed E-state index contributed by atoms with van der Waals surface area (Å²) in [5, 5.41) is 21.3. The Hall–Kier alpha value is -3.06. The molecule has 0 amide bonds. The second-order valence-electron chi connectivity index (χ2n) is 18.2. The molecule has 268 valence electrons. The van der Waals surface area contributed by atoms with Gasteiger partial charge < -0.3 is 19.7 Å². The summed E-state index contributed by atoms with van der Waals surface area (Å²) in [6, 6.07) is 9.60. The van der Waals surface area contributed by atoms with Gasteiger partial charge in [-0.05, 0) is 90.7 Å². The lowest BCUT2D eigenvalue weighted by Gasteiger charge is -2.54. The maximum Gasteiger partial charge on any atom is 0.306 e. The third-order valence-corrected chi connectivity index (χ3v) is 9.68. The molecule has 7 nitrogen and oxygen atoms in total. The summed E-state index contributed by atoms with van der Waals surface area (Å²) in [5.41, 5.74) is 3.51. The SMILES string of the molecule is CC(C)(C)c1cc(CCC(=O)OCCN2C(C)(C)CC(OC(=O)CCc3cc(C(C)(C)C)c(O)c(C(C)(C)C)c3)CC2(C)C)ccc1O. The van der Waals surface area contributed by atoms with Gasteiger partial charge in [-0.1, -0.05) is 86.6 Å². The van der Waals surface area contributed by atoms with E-state index in [4.69, 9.17) is 9.47 Å². The number of carbonyl (C=O) groups is 2. The number of carbonyl (C=O) groups excluding carboxylic acids is 2. The van der Waals surface area contributed by atoms with E-state index in [0.29, 0.717) is 44.6 Å². The number of hydrogen-bond acceptors (Lipinski definition) is 7. The highest BCUT2D eigenvalue weighted by molar-refractivity contribution is 5.70. The highest BCUT2D eigenvalue weighted by Crippen LogP contribution is 2.41. The molecule has 1 heterocycles. The number of hydrogen-bond donors (Lipinski definition) is 2. The van der Waals surface area contributed by atoms with Crippen molar-refractivity contribution in [3.8, 4) is 11.5 Å². The van der Waals surface area contributed by atoms with Gasteiger partial charge in [-0.25, -0.2) is 0 Å². The highest BCUT2D eigenvalue weighted by Gasteiger charge is 2.46. The lowest BCUT2D eigenvalue weighted by atomic mass is 9.78. The van der Waals surface area contributed by atoms with Crippen LogP contribution in [0.5, 0.6) is 11.5 Å². The van der Waals surface area contributed by atoms with Gasteiger partial charge in [-0.3, -0.25) is 14.5 Å². The number of phenolic OH excluding ortho intramolecular Hbond substituents is 2.